The van der Waals surface area contributed by atoms with Crippen molar-refractivity contribution in [2.24, 2.45) is 7.05 Å². The molecule has 0 spiro atoms. The summed E-state index contributed by atoms with van der Waals surface area (Å²) in [6.07, 6.45) is 6.48. The Hall–Kier alpha value is -2.81. The first-order valence-corrected chi connectivity index (χ1v) is 8.79. The van der Waals surface area contributed by atoms with Crippen molar-refractivity contribution in [3.8, 4) is 11.3 Å². The van der Waals surface area contributed by atoms with E-state index in [4.69, 9.17) is 0 Å². The average Bonchev–Trinajstić information content (AvgIpc) is 3.20. The summed E-state index contributed by atoms with van der Waals surface area (Å²) in [5, 5.41) is 13.0. The van der Waals surface area contributed by atoms with Gasteiger partial charge >= 0.3 is 0 Å². The van der Waals surface area contributed by atoms with Gasteiger partial charge in [-0.2, -0.15) is 10.2 Å². The third-order valence-electron chi connectivity index (χ3n) is 3.80. The fraction of sp³-hybridized carbons (Fsp3) is 0.312. The molecular weight excluding hydrogens is 336 g/mol. The predicted molar refractivity (Wildman–Crippen MR) is 96.8 cm³/mol. The minimum Gasteiger partial charge on any atom is -0.354 e. The minimum atomic E-state index is 0.607. The van der Waals surface area contributed by atoms with Crippen LogP contribution in [0, 0.1) is 13.8 Å². The second-order valence-electron chi connectivity index (χ2n) is 5.82. The van der Waals surface area contributed by atoms with Crippen LogP contribution >= 0.6 is 11.3 Å². The highest BCUT2D eigenvalue weighted by atomic mass is 32.1. The Morgan fingerprint density at radius 3 is 2.80 bits per heavy atom. The Labute approximate surface area is 148 Å². The van der Waals surface area contributed by atoms with E-state index >= 15 is 0 Å². The molecule has 0 aliphatic rings. The van der Waals surface area contributed by atoms with E-state index < -0.39 is 0 Å². The number of hydrogen-bond donors (Lipinski definition) is 1. The van der Waals surface area contributed by atoms with E-state index in [1.165, 1.54) is 0 Å². The average molecular weight is 354 g/mol. The largest absolute Gasteiger partial charge is 0.354 e. The molecular formula is C16H18N8S. The van der Waals surface area contributed by atoms with Gasteiger partial charge in [-0.1, -0.05) is 11.3 Å². The fourth-order valence-electron chi connectivity index (χ4n) is 2.71. The summed E-state index contributed by atoms with van der Waals surface area (Å²) in [6.45, 7) is 4.67. The number of aryl methyl sites for hydroxylation is 3. The zero-order valence-electron chi connectivity index (χ0n) is 14.3. The van der Waals surface area contributed by atoms with Gasteiger partial charge in [-0.15, -0.1) is 0 Å². The Bertz CT molecular complexity index is 997. The van der Waals surface area contributed by atoms with Crippen molar-refractivity contribution in [2.75, 3.05) is 11.9 Å². The molecule has 128 valence electrons. The van der Waals surface area contributed by atoms with Gasteiger partial charge in [-0.25, -0.2) is 19.5 Å². The molecule has 0 saturated heterocycles. The van der Waals surface area contributed by atoms with Gasteiger partial charge in [0, 0.05) is 38.0 Å². The van der Waals surface area contributed by atoms with Gasteiger partial charge in [0.05, 0.1) is 23.3 Å². The summed E-state index contributed by atoms with van der Waals surface area (Å²) >= 11 is 1.59. The Morgan fingerprint density at radius 1 is 1.16 bits per heavy atom. The molecule has 1 N–H and O–H groups in total. The number of nitrogens with zero attached hydrogens (tertiary/aromatic N) is 7. The standard InChI is InChI=1S/C16H18N8S/c1-10-13(9-23(3)21-10)14-5-7-18-15(20-14)17-6-4-12-8-24-16(19-12)25-11(2)22-24/h5,7-9H,4,6H2,1-3H3,(H,17,18,20). The summed E-state index contributed by atoms with van der Waals surface area (Å²) in [4.78, 5) is 14.4. The molecule has 4 aromatic rings. The first-order chi connectivity index (χ1) is 12.1. The van der Waals surface area contributed by atoms with Gasteiger partial charge in [0.25, 0.3) is 0 Å². The number of nitrogens with one attached hydrogen (secondary N) is 1. The maximum Gasteiger partial charge on any atom is 0.223 e. The van der Waals surface area contributed by atoms with Crippen molar-refractivity contribution < 1.29 is 0 Å². The minimum absolute atomic E-state index is 0.607. The van der Waals surface area contributed by atoms with Crippen LogP contribution in [-0.2, 0) is 13.5 Å². The molecule has 0 aliphatic heterocycles. The molecule has 0 amide bonds. The highest BCUT2D eigenvalue weighted by molar-refractivity contribution is 7.16. The lowest BCUT2D eigenvalue weighted by Crippen LogP contribution is -2.08. The van der Waals surface area contributed by atoms with E-state index in [1.54, 1.807) is 22.2 Å². The molecule has 25 heavy (non-hydrogen) atoms. The third kappa shape index (κ3) is 3.22. The summed E-state index contributed by atoms with van der Waals surface area (Å²) in [5.74, 6) is 0.607. The number of anilines is 1. The van der Waals surface area contributed by atoms with Crippen LogP contribution in [0.4, 0.5) is 5.95 Å². The van der Waals surface area contributed by atoms with E-state index in [9.17, 15) is 0 Å². The lowest BCUT2D eigenvalue weighted by atomic mass is 10.2. The highest BCUT2D eigenvalue weighted by Crippen LogP contribution is 2.20. The number of rotatable bonds is 5. The van der Waals surface area contributed by atoms with E-state index in [1.807, 2.05) is 43.9 Å². The smallest absolute Gasteiger partial charge is 0.223 e. The highest BCUT2D eigenvalue weighted by Gasteiger charge is 2.09. The van der Waals surface area contributed by atoms with Crippen LogP contribution in [0.25, 0.3) is 16.2 Å². The molecule has 0 saturated carbocycles. The fourth-order valence-corrected chi connectivity index (χ4v) is 3.46. The van der Waals surface area contributed by atoms with E-state index in [2.05, 4.69) is 30.5 Å². The number of hydrogen-bond acceptors (Lipinski definition) is 7. The van der Waals surface area contributed by atoms with Crippen LogP contribution in [0.5, 0.6) is 0 Å². The molecule has 4 heterocycles. The Kier molecular flexibility index (Phi) is 3.92. The van der Waals surface area contributed by atoms with Crippen molar-refractivity contribution in [3.63, 3.8) is 0 Å². The van der Waals surface area contributed by atoms with Gasteiger partial charge in [-0.05, 0) is 19.9 Å². The summed E-state index contributed by atoms with van der Waals surface area (Å²) in [5.41, 5.74) is 3.84. The lowest BCUT2D eigenvalue weighted by Gasteiger charge is -2.05. The summed E-state index contributed by atoms with van der Waals surface area (Å²) < 4.78 is 3.62. The number of imidazole rings is 1. The van der Waals surface area contributed by atoms with Crippen LogP contribution in [-0.4, -0.2) is 40.9 Å². The van der Waals surface area contributed by atoms with Gasteiger partial charge in [-0.3, -0.25) is 4.68 Å². The lowest BCUT2D eigenvalue weighted by molar-refractivity contribution is 0.756. The molecule has 0 aliphatic carbocycles. The van der Waals surface area contributed by atoms with Crippen LogP contribution < -0.4 is 5.32 Å². The van der Waals surface area contributed by atoms with Gasteiger partial charge in [0.2, 0.25) is 10.9 Å². The second kappa shape index (κ2) is 6.25. The van der Waals surface area contributed by atoms with Crippen molar-refractivity contribution in [1.82, 2.24) is 34.3 Å². The van der Waals surface area contributed by atoms with Crippen molar-refractivity contribution in [2.45, 2.75) is 20.3 Å². The number of fused-ring (bicyclic) bond motifs is 1. The van der Waals surface area contributed by atoms with Crippen LogP contribution in [0.1, 0.15) is 16.4 Å². The predicted octanol–water partition coefficient (Wildman–Crippen LogP) is 2.25. The van der Waals surface area contributed by atoms with Crippen molar-refractivity contribution in [1.29, 1.82) is 0 Å². The SMILES string of the molecule is Cc1nn2cc(CCNc3nccc(-c4cn(C)nc4C)n3)nc2s1. The first kappa shape index (κ1) is 15.7. The Balaban J connectivity index is 1.43. The summed E-state index contributed by atoms with van der Waals surface area (Å²) in [6, 6.07) is 1.90. The monoisotopic (exact) mass is 354 g/mol. The molecule has 0 radical (unpaired) electrons. The zero-order chi connectivity index (χ0) is 17.4. The summed E-state index contributed by atoms with van der Waals surface area (Å²) in [7, 11) is 1.91. The van der Waals surface area contributed by atoms with Gasteiger partial charge in [0.1, 0.15) is 5.01 Å². The molecule has 4 aromatic heterocycles. The normalized spacial score (nSPS) is 11.3. The molecule has 0 atom stereocenters. The zero-order valence-corrected chi connectivity index (χ0v) is 15.1. The molecule has 0 aromatic carbocycles. The molecule has 0 bridgehead atoms. The van der Waals surface area contributed by atoms with Gasteiger partial charge < -0.3 is 5.32 Å². The van der Waals surface area contributed by atoms with E-state index in [0.29, 0.717) is 12.5 Å². The quantitative estimate of drug-likeness (QED) is 0.592. The molecule has 9 heteroatoms. The maximum atomic E-state index is 4.58. The molecule has 0 unspecified atom stereocenters. The number of aromatic nitrogens is 7. The van der Waals surface area contributed by atoms with Crippen LogP contribution in [0.2, 0.25) is 0 Å². The van der Waals surface area contributed by atoms with Crippen LogP contribution in [0.3, 0.4) is 0 Å². The van der Waals surface area contributed by atoms with Crippen LogP contribution in [0.15, 0.2) is 24.7 Å². The van der Waals surface area contributed by atoms with Crippen molar-refractivity contribution >= 4 is 22.2 Å². The molecule has 0 fully saturated rings. The maximum absolute atomic E-state index is 4.58. The second-order valence-corrected chi connectivity index (χ2v) is 6.98. The first-order valence-electron chi connectivity index (χ1n) is 7.98. The molecule has 4 rings (SSSR count). The van der Waals surface area contributed by atoms with E-state index in [-0.39, 0.29) is 0 Å². The Morgan fingerprint density at radius 2 is 2.04 bits per heavy atom. The third-order valence-corrected chi connectivity index (χ3v) is 4.64. The topological polar surface area (TPSA) is 85.8 Å². The van der Waals surface area contributed by atoms with E-state index in [0.717, 1.165) is 39.0 Å². The molecule has 8 nitrogen and oxygen atoms in total. The van der Waals surface area contributed by atoms with Crippen molar-refractivity contribution in [3.05, 3.63) is 41.1 Å². The van der Waals surface area contributed by atoms with Gasteiger partial charge in [0.15, 0.2) is 0 Å².